The van der Waals surface area contributed by atoms with Gasteiger partial charge >= 0.3 is 0 Å². The maximum atomic E-state index is 5.32. The fourth-order valence-corrected chi connectivity index (χ4v) is 2.45. The summed E-state index contributed by atoms with van der Waals surface area (Å²) in [5, 5.41) is 5.43. The van der Waals surface area contributed by atoms with E-state index in [0.29, 0.717) is 5.82 Å². The van der Waals surface area contributed by atoms with E-state index in [9.17, 15) is 0 Å². The molecule has 0 aromatic carbocycles. The number of rotatable bonds is 4. The molecule has 0 saturated carbocycles. The van der Waals surface area contributed by atoms with Gasteiger partial charge in [0.1, 0.15) is 5.82 Å². The van der Waals surface area contributed by atoms with Gasteiger partial charge in [0, 0.05) is 12.8 Å². The topological polar surface area (TPSA) is 68.8 Å². The molecule has 0 atom stereocenters. The summed E-state index contributed by atoms with van der Waals surface area (Å²) in [5.41, 5.74) is 4.56. The number of nitrogens with zero attached hydrogens (tertiary/aromatic N) is 3. The van der Waals surface area contributed by atoms with Crippen LogP contribution in [0.4, 0.5) is 5.82 Å². The van der Waals surface area contributed by atoms with Crippen LogP contribution in [0.25, 0.3) is 0 Å². The quantitative estimate of drug-likeness (QED) is 0.490. The summed E-state index contributed by atoms with van der Waals surface area (Å²) < 4.78 is 1.88. The summed E-state index contributed by atoms with van der Waals surface area (Å²) in [6.45, 7) is 1.99. The van der Waals surface area contributed by atoms with Crippen LogP contribution in [-0.2, 0) is 12.8 Å². The van der Waals surface area contributed by atoms with E-state index in [0.717, 1.165) is 22.2 Å². The minimum atomic E-state index is 0.685. The summed E-state index contributed by atoms with van der Waals surface area (Å²) in [7, 11) is 1.95. The molecule has 0 unspecified atom stereocenters. The van der Waals surface area contributed by atoms with Crippen LogP contribution in [0.15, 0.2) is 29.3 Å². The van der Waals surface area contributed by atoms with Gasteiger partial charge in [0.25, 0.3) is 0 Å². The molecule has 0 amide bonds. The van der Waals surface area contributed by atoms with E-state index in [4.69, 9.17) is 5.84 Å². The van der Waals surface area contributed by atoms with E-state index in [1.165, 1.54) is 0 Å². The van der Waals surface area contributed by atoms with Crippen molar-refractivity contribution >= 4 is 17.6 Å². The second-order valence-electron chi connectivity index (χ2n) is 3.69. The molecule has 2 aromatic heterocycles. The third kappa shape index (κ3) is 2.98. The van der Waals surface area contributed by atoms with Gasteiger partial charge < -0.3 is 5.43 Å². The number of nitrogen functional groups attached to an aromatic ring is 1. The highest BCUT2D eigenvalue weighted by molar-refractivity contribution is 7.98. The molecular formula is C11H15N5S. The first kappa shape index (κ1) is 11.9. The minimum absolute atomic E-state index is 0.685. The average Bonchev–Trinajstić information content (AvgIpc) is 2.65. The van der Waals surface area contributed by atoms with Gasteiger partial charge in [0.05, 0.1) is 16.4 Å². The molecule has 0 bridgehead atoms. The average molecular weight is 249 g/mol. The molecular weight excluding hydrogens is 234 g/mol. The van der Waals surface area contributed by atoms with Crippen molar-refractivity contribution in [1.29, 1.82) is 0 Å². The molecule has 90 valence electrons. The third-order valence-electron chi connectivity index (χ3n) is 2.28. The van der Waals surface area contributed by atoms with Crippen molar-refractivity contribution in [3.8, 4) is 0 Å². The van der Waals surface area contributed by atoms with Crippen LogP contribution >= 0.6 is 11.8 Å². The Labute approximate surface area is 104 Å². The second kappa shape index (κ2) is 5.20. The molecule has 2 heterocycles. The monoisotopic (exact) mass is 249 g/mol. The molecule has 3 N–H and O–H groups in total. The van der Waals surface area contributed by atoms with Gasteiger partial charge in [0.15, 0.2) is 0 Å². The normalized spacial score (nSPS) is 10.5. The van der Waals surface area contributed by atoms with Crippen molar-refractivity contribution in [2.45, 2.75) is 17.7 Å². The lowest BCUT2D eigenvalue weighted by Crippen LogP contribution is -2.08. The Balaban J connectivity index is 2.04. The minimum Gasteiger partial charge on any atom is -0.308 e. The summed E-state index contributed by atoms with van der Waals surface area (Å²) in [5.74, 6) is 6.80. The predicted molar refractivity (Wildman–Crippen MR) is 69.6 cm³/mol. The first-order valence-corrected chi connectivity index (χ1v) is 6.23. The van der Waals surface area contributed by atoms with E-state index in [-0.39, 0.29) is 0 Å². The van der Waals surface area contributed by atoms with Crippen LogP contribution in [0.1, 0.15) is 11.4 Å². The van der Waals surface area contributed by atoms with Crippen molar-refractivity contribution in [3.05, 3.63) is 35.7 Å². The number of pyridine rings is 1. The lowest BCUT2D eigenvalue weighted by Gasteiger charge is -2.03. The standard InChI is InChI=1S/C11H15N5S/c1-8-6-11(16(2)15-8)17-7-9-4-3-5-10(13-9)14-12/h3-6H,7,12H2,1-2H3,(H,13,14). The van der Waals surface area contributed by atoms with E-state index in [2.05, 4.69) is 21.6 Å². The fraction of sp³-hybridized carbons (Fsp3) is 0.273. The summed E-state index contributed by atoms with van der Waals surface area (Å²) >= 11 is 1.71. The second-order valence-corrected chi connectivity index (χ2v) is 4.69. The summed E-state index contributed by atoms with van der Waals surface area (Å²) in [6, 6.07) is 7.82. The SMILES string of the molecule is Cc1cc(SCc2cccc(NN)n2)n(C)n1. The van der Waals surface area contributed by atoms with Gasteiger partial charge in [-0.25, -0.2) is 10.8 Å². The number of nitrogens with one attached hydrogen (secondary N) is 1. The third-order valence-corrected chi connectivity index (χ3v) is 3.40. The van der Waals surface area contributed by atoms with Gasteiger partial charge in [-0.1, -0.05) is 6.07 Å². The van der Waals surface area contributed by atoms with Gasteiger partial charge in [-0.3, -0.25) is 4.68 Å². The highest BCUT2D eigenvalue weighted by Gasteiger charge is 2.04. The van der Waals surface area contributed by atoms with Crippen molar-refractivity contribution in [3.63, 3.8) is 0 Å². The smallest absolute Gasteiger partial charge is 0.140 e. The Morgan fingerprint density at radius 1 is 1.47 bits per heavy atom. The summed E-state index contributed by atoms with van der Waals surface area (Å²) in [6.07, 6.45) is 0. The first-order chi connectivity index (χ1) is 8.19. The molecule has 0 fully saturated rings. The van der Waals surface area contributed by atoms with Gasteiger partial charge in [-0.15, -0.1) is 11.8 Å². The molecule has 2 rings (SSSR count). The van der Waals surface area contributed by atoms with Crippen molar-refractivity contribution in [2.24, 2.45) is 12.9 Å². The highest BCUT2D eigenvalue weighted by Crippen LogP contribution is 2.22. The van der Waals surface area contributed by atoms with Crippen LogP contribution in [0.2, 0.25) is 0 Å². The molecule has 5 nitrogen and oxygen atoms in total. The molecule has 0 aliphatic carbocycles. The van der Waals surface area contributed by atoms with Crippen molar-refractivity contribution in [1.82, 2.24) is 14.8 Å². The molecule has 0 spiro atoms. The van der Waals surface area contributed by atoms with Gasteiger partial charge in [-0.2, -0.15) is 5.10 Å². The molecule has 0 saturated heterocycles. The summed E-state index contributed by atoms with van der Waals surface area (Å²) in [4.78, 5) is 4.36. The highest BCUT2D eigenvalue weighted by atomic mass is 32.2. The molecule has 2 aromatic rings. The fourth-order valence-electron chi connectivity index (χ4n) is 1.51. The van der Waals surface area contributed by atoms with Crippen molar-refractivity contribution < 1.29 is 0 Å². The van der Waals surface area contributed by atoms with Crippen LogP contribution in [0, 0.1) is 6.92 Å². The Bertz CT molecular complexity index is 508. The number of nitrogens with two attached hydrogens (primary N) is 1. The Kier molecular flexibility index (Phi) is 3.65. The van der Waals surface area contributed by atoms with Gasteiger partial charge in [0.2, 0.25) is 0 Å². The molecule has 0 radical (unpaired) electrons. The number of hydrogen-bond acceptors (Lipinski definition) is 5. The molecule has 0 aliphatic rings. The number of thioether (sulfide) groups is 1. The Morgan fingerprint density at radius 3 is 2.94 bits per heavy atom. The maximum Gasteiger partial charge on any atom is 0.140 e. The number of aromatic nitrogens is 3. The predicted octanol–water partition coefficient (Wildman–Crippen LogP) is 1.70. The van der Waals surface area contributed by atoms with Gasteiger partial charge in [-0.05, 0) is 25.1 Å². The maximum absolute atomic E-state index is 5.32. The van der Waals surface area contributed by atoms with Crippen molar-refractivity contribution in [2.75, 3.05) is 5.43 Å². The van der Waals surface area contributed by atoms with E-state index in [1.54, 1.807) is 11.8 Å². The Morgan fingerprint density at radius 2 is 2.29 bits per heavy atom. The molecule has 17 heavy (non-hydrogen) atoms. The first-order valence-electron chi connectivity index (χ1n) is 5.25. The zero-order valence-corrected chi connectivity index (χ0v) is 10.7. The van der Waals surface area contributed by atoms with E-state index < -0.39 is 0 Å². The zero-order chi connectivity index (χ0) is 12.3. The van der Waals surface area contributed by atoms with Crippen LogP contribution in [0.3, 0.4) is 0 Å². The van der Waals surface area contributed by atoms with Crippen LogP contribution in [0.5, 0.6) is 0 Å². The van der Waals surface area contributed by atoms with Crippen LogP contribution < -0.4 is 11.3 Å². The molecule has 6 heteroatoms. The number of hydrogen-bond donors (Lipinski definition) is 2. The molecule has 0 aliphatic heterocycles. The lowest BCUT2D eigenvalue weighted by atomic mass is 10.4. The number of anilines is 1. The number of hydrazine groups is 1. The lowest BCUT2D eigenvalue weighted by molar-refractivity contribution is 0.692. The number of aryl methyl sites for hydroxylation is 2. The van der Waals surface area contributed by atoms with E-state index in [1.807, 2.05) is 36.9 Å². The largest absolute Gasteiger partial charge is 0.308 e. The Hall–Kier alpha value is -1.53. The zero-order valence-electron chi connectivity index (χ0n) is 9.84. The van der Waals surface area contributed by atoms with E-state index >= 15 is 0 Å². The van der Waals surface area contributed by atoms with Crippen LogP contribution in [-0.4, -0.2) is 14.8 Å².